The highest BCUT2D eigenvalue weighted by Crippen LogP contribution is 2.17. The van der Waals surface area contributed by atoms with Gasteiger partial charge in [-0.25, -0.2) is 0 Å². The van der Waals surface area contributed by atoms with Gasteiger partial charge in [-0.05, 0) is 38.5 Å². The maximum Gasteiger partial charge on any atom is 0.220 e. The molecule has 0 fully saturated rings. The second-order valence-corrected chi connectivity index (χ2v) is 17.6. The summed E-state index contributed by atoms with van der Waals surface area (Å²) in [5, 5.41) is 23.3. The second-order valence-electron chi connectivity index (χ2n) is 17.6. The van der Waals surface area contributed by atoms with E-state index in [1.54, 1.807) is 0 Å². The van der Waals surface area contributed by atoms with Crippen LogP contribution in [-0.4, -0.2) is 34.9 Å². The number of carbonyl (C=O) groups is 1. The largest absolute Gasteiger partial charge is 0.394 e. The molecule has 328 valence electrons. The van der Waals surface area contributed by atoms with Crippen LogP contribution in [0.1, 0.15) is 290 Å². The highest BCUT2D eigenvalue weighted by molar-refractivity contribution is 5.76. The Kier molecular flexibility index (Phi) is 46.8. The van der Waals surface area contributed by atoms with Crippen molar-refractivity contribution in [1.29, 1.82) is 0 Å². The first-order valence-corrected chi connectivity index (χ1v) is 25.4. The van der Waals surface area contributed by atoms with Gasteiger partial charge in [-0.3, -0.25) is 4.79 Å². The minimum absolute atomic E-state index is 0.0313. The number of unbranched alkanes of at least 4 members (excludes halogenated alkanes) is 38. The average Bonchev–Trinajstić information content (AvgIpc) is 3.19. The Balaban J connectivity index is 3.44. The lowest BCUT2D eigenvalue weighted by molar-refractivity contribution is -0.123. The Hall–Kier alpha value is -0.870. The molecule has 0 aromatic carbocycles. The molecule has 0 spiro atoms. The van der Waals surface area contributed by atoms with E-state index in [9.17, 15) is 15.0 Å². The summed E-state index contributed by atoms with van der Waals surface area (Å²) in [7, 11) is 0. The Morgan fingerprint density at radius 2 is 0.691 bits per heavy atom. The van der Waals surface area contributed by atoms with E-state index in [-0.39, 0.29) is 12.5 Å². The van der Waals surface area contributed by atoms with Gasteiger partial charge in [0, 0.05) is 6.42 Å². The number of carbonyl (C=O) groups excluding carboxylic acids is 1. The van der Waals surface area contributed by atoms with E-state index in [0.717, 1.165) is 25.7 Å². The van der Waals surface area contributed by atoms with Gasteiger partial charge in [-0.2, -0.15) is 0 Å². The van der Waals surface area contributed by atoms with E-state index < -0.39 is 12.1 Å². The van der Waals surface area contributed by atoms with Crippen LogP contribution in [0.25, 0.3) is 0 Å². The average molecular weight is 776 g/mol. The van der Waals surface area contributed by atoms with Crippen molar-refractivity contribution in [3.63, 3.8) is 0 Å². The molecule has 0 aliphatic heterocycles. The molecule has 3 N–H and O–H groups in total. The third kappa shape index (κ3) is 44.1. The van der Waals surface area contributed by atoms with Gasteiger partial charge in [0.25, 0.3) is 0 Å². The van der Waals surface area contributed by atoms with E-state index in [1.165, 1.54) is 238 Å². The van der Waals surface area contributed by atoms with E-state index in [1.807, 2.05) is 0 Å². The molecule has 0 aliphatic carbocycles. The first-order valence-electron chi connectivity index (χ1n) is 25.4. The van der Waals surface area contributed by atoms with Crippen LogP contribution in [0.2, 0.25) is 0 Å². The van der Waals surface area contributed by atoms with Crippen LogP contribution in [0.15, 0.2) is 12.2 Å². The van der Waals surface area contributed by atoms with Crippen LogP contribution >= 0.6 is 0 Å². The summed E-state index contributed by atoms with van der Waals surface area (Å²) in [6.45, 7) is 4.38. The minimum atomic E-state index is -0.659. The monoisotopic (exact) mass is 776 g/mol. The van der Waals surface area contributed by atoms with Gasteiger partial charge >= 0.3 is 0 Å². The van der Waals surface area contributed by atoms with Crippen LogP contribution in [0.5, 0.6) is 0 Å². The maximum absolute atomic E-state index is 12.4. The first kappa shape index (κ1) is 54.1. The predicted molar refractivity (Wildman–Crippen MR) is 244 cm³/mol. The fraction of sp³-hybridized carbons (Fsp3) is 0.941. The van der Waals surface area contributed by atoms with Crippen LogP contribution in [0, 0.1) is 0 Å². The molecular weight excluding hydrogens is 675 g/mol. The van der Waals surface area contributed by atoms with Gasteiger partial charge in [0.2, 0.25) is 5.91 Å². The van der Waals surface area contributed by atoms with Crippen molar-refractivity contribution >= 4 is 5.91 Å². The molecule has 0 aromatic heterocycles. The van der Waals surface area contributed by atoms with E-state index in [0.29, 0.717) is 12.8 Å². The summed E-state index contributed by atoms with van der Waals surface area (Å²) in [5.74, 6) is -0.0313. The number of hydrogen-bond acceptors (Lipinski definition) is 3. The predicted octanol–water partition coefficient (Wildman–Crippen LogP) is 16.2. The van der Waals surface area contributed by atoms with Gasteiger partial charge in [-0.15, -0.1) is 0 Å². The highest BCUT2D eigenvalue weighted by Gasteiger charge is 2.20. The standard InChI is InChI=1S/C51H101NO3/c1-3-5-7-9-11-13-15-17-19-21-23-24-25-26-27-28-29-30-32-34-36-38-40-42-44-46-50(54)49(48-53)52-51(55)47-45-43-41-39-37-35-33-31-22-20-18-16-14-12-10-8-6-4-2/h20,22,49-50,53-54H,3-19,21,23-48H2,1-2H3,(H,52,55)/b22-20-. The third-order valence-corrected chi connectivity index (χ3v) is 12.0. The maximum atomic E-state index is 12.4. The van der Waals surface area contributed by atoms with E-state index in [2.05, 4.69) is 31.3 Å². The van der Waals surface area contributed by atoms with Crippen molar-refractivity contribution < 1.29 is 15.0 Å². The van der Waals surface area contributed by atoms with E-state index >= 15 is 0 Å². The number of allylic oxidation sites excluding steroid dienone is 2. The van der Waals surface area contributed by atoms with Crippen LogP contribution in [0.3, 0.4) is 0 Å². The van der Waals surface area contributed by atoms with Crippen molar-refractivity contribution in [2.45, 2.75) is 302 Å². The summed E-state index contributed by atoms with van der Waals surface area (Å²) in [5.41, 5.74) is 0. The molecule has 0 aliphatic rings. The topological polar surface area (TPSA) is 69.6 Å². The number of amides is 1. The third-order valence-electron chi connectivity index (χ3n) is 12.0. The SMILES string of the molecule is CCCCCCCCC/C=C\CCCCCCCCCC(=O)NC(CO)C(O)CCCCCCCCCCCCCCCCCCCCCCCCCCC. The molecule has 0 saturated carbocycles. The van der Waals surface area contributed by atoms with E-state index in [4.69, 9.17) is 0 Å². The van der Waals surface area contributed by atoms with Crippen molar-refractivity contribution in [2.24, 2.45) is 0 Å². The van der Waals surface area contributed by atoms with Gasteiger partial charge in [0.05, 0.1) is 18.8 Å². The molecule has 0 aromatic rings. The molecule has 0 rings (SSSR count). The molecule has 4 nitrogen and oxygen atoms in total. The molecule has 0 saturated heterocycles. The number of nitrogens with one attached hydrogen (secondary N) is 1. The fourth-order valence-electron chi connectivity index (χ4n) is 8.12. The molecule has 0 bridgehead atoms. The number of rotatable bonds is 47. The summed E-state index contributed by atoms with van der Waals surface area (Å²) in [6, 6.07) is -0.536. The molecule has 0 radical (unpaired) electrons. The highest BCUT2D eigenvalue weighted by atomic mass is 16.3. The molecule has 1 amide bonds. The number of aliphatic hydroxyl groups excluding tert-OH is 2. The van der Waals surface area contributed by atoms with Gasteiger partial charge in [0.15, 0.2) is 0 Å². The lowest BCUT2D eigenvalue weighted by Gasteiger charge is -2.22. The number of aliphatic hydroxyl groups is 2. The summed E-state index contributed by atoms with van der Waals surface area (Å²) in [4.78, 5) is 12.4. The Labute approximate surface area is 346 Å². The lowest BCUT2D eigenvalue weighted by atomic mass is 10.0. The van der Waals surface area contributed by atoms with Crippen LogP contribution < -0.4 is 5.32 Å². The van der Waals surface area contributed by atoms with Gasteiger partial charge in [0.1, 0.15) is 0 Å². The Morgan fingerprint density at radius 3 is 1.00 bits per heavy atom. The lowest BCUT2D eigenvalue weighted by Crippen LogP contribution is -2.45. The first-order chi connectivity index (χ1) is 27.2. The fourth-order valence-corrected chi connectivity index (χ4v) is 8.12. The summed E-state index contributed by atoms with van der Waals surface area (Å²) < 4.78 is 0. The summed E-state index contributed by atoms with van der Waals surface area (Å²) in [6.07, 6.45) is 60.3. The second kappa shape index (κ2) is 47.5. The molecule has 4 heteroatoms. The number of hydrogen-bond donors (Lipinski definition) is 3. The van der Waals surface area contributed by atoms with Crippen molar-refractivity contribution in [2.75, 3.05) is 6.61 Å². The van der Waals surface area contributed by atoms with Gasteiger partial charge < -0.3 is 15.5 Å². The Morgan fingerprint density at radius 1 is 0.418 bits per heavy atom. The zero-order chi connectivity index (χ0) is 40.0. The molecule has 2 atom stereocenters. The van der Waals surface area contributed by atoms with Crippen molar-refractivity contribution in [3.05, 3.63) is 12.2 Å². The van der Waals surface area contributed by atoms with Gasteiger partial charge in [-0.1, -0.05) is 257 Å². The van der Waals surface area contributed by atoms with Crippen molar-refractivity contribution in [3.8, 4) is 0 Å². The minimum Gasteiger partial charge on any atom is -0.394 e. The normalized spacial score (nSPS) is 12.9. The quantitative estimate of drug-likeness (QED) is 0.0426. The zero-order valence-corrected chi connectivity index (χ0v) is 37.7. The Bertz CT molecular complexity index is 754. The summed E-state index contributed by atoms with van der Waals surface area (Å²) >= 11 is 0. The molecule has 0 heterocycles. The van der Waals surface area contributed by atoms with Crippen LogP contribution in [-0.2, 0) is 4.79 Å². The van der Waals surface area contributed by atoms with Crippen LogP contribution in [0.4, 0.5) is 0 Å². The molecule has 55 heavy (non-hydrogen) atoms. The smallest absolute Gasteiger partial charge is 0.220 e. The zero-order valence-electron chi connectivity index (χ0n) is 37.7. The molecular formula is C51H101NO3. The molecule has 2 unspecified atom stereocenters. The van der Waals surface area contributed by atoms with Crippen molar-refractivity contribution in [1.82, 2.24) is 5.32 Å².